The minimum atomic E-state index is 0.553. The number of aromatic nitrogens is 2. The monoisotopic (exact) mass is 325 g/mol. The van der Waals surface area contributed by atoms with Crippen LogP contribution in [0.1, 0.15) is 5.56 Å². The van der Waals surface area contributed by atoms with Crippen LogP contribution in [-0.2, 0) is 6.54 Å². The van der Waals surface area contributed by atoms with Crippen molar-refractivity contribution in [3.05, 3.63) is 53.3 Å². The molecule has 1 aromatic heterocycles. The van der Waals surface area contributed by atoms with Crippen LogP contribution in [0, 0.1) is 0 Å². The third kappa shape index (κ3) is 3.68. The molecule has 0 atom stereocenters. The number of rotatable bonds is 5. The van der Waals surface area contributed by atoms with E-state index in [4.69, 9.17) is 11.6 Å². The second-order valence-electron chi connectivity index (χ2n) is 3.80. The van der Waals surface area contributed by atoms with Crippen molar-refractivity contribution in [1.82, 2.24) is 9.97 Å². The Morgan fingerprint density at radius 1 is 1.11 bits per heavy atom. The fourth-order valence-corrected chi connectivity index (χ4v) is 2.15. The summed E-state index contributed by atoms with van der Waals surface area (Å²) in [4.78, 5) is 10.6. The van der Waals surface area contributed by atoms with Gasteiger partial charge in [-0.15, -0.1) is 0 Å². The Labute approximate surface area is 120 Å². The Balaban J connectivity index is 2.15. The van der Waals surface area contributed by atoms with Crippen LogP contribution >= 0.6 is 27.5 Å². The first kappa shape index (κ1) is 13.3. The van der Waals surface area contributed by atoms with Gasteiger partial charge in [0.2, 0.25) is 5.95 Å². The standard InChI is InChI=1S/C13H13BrClN3/c14-6-7-18(10-11-4-2-1-3-5-11)13-16-8-12(15)9-17-13/h1-5,8-9H,6-7,10H2. The summed E-state index contributed by atoms with van der Waals surface area (Å²) < 4.78 is 0. The number of hydrogen-bond acceptors (Lipinski definition) is 3. The van der Waals surface area contributed by atoms with E-state index < -0.39 is 0 Å². The zero-order chi connectivity index (χ0) is 12.8. The summed E-state index contributed by atoms with van der Waals surface area (Å²) in [5.74, 6) is 0.697. The van der Waals surface area contributed by atoms with E-state index in [2.05, 4.69) is 42.9 Å². The fraction of sp³-hybridized carbons (Fsp3) is 0.231. The summed E-state index contributed by atoms with van der Waals surface area (Å²) in [6, 6.07) is 10.3. The summed E-state index contributed by atoms with van der Waals surface area (Å²) in [5, 5.41) is 1.42. The van der Waals surface area contributed by atoms with E-state index in [1.165, 1.54) is 5.56 Å². The lowest BCUT2D eigenvalue weighted by Crippen LogP contribution is -2.26. The number of hydrogen-bond donors (Lipinski definition) is 0. The van der Waals surface area contributed by atoms with Gasteiger partial charge in [-0.3, -0.25) is 0 Å². The second kappa shape index (κ2) is 6.71. The molecule has 0 unspecified atom stereocenters. The molecule has 0 aliphatic heterocycles. The normalized spacial score (nSPS) is 10.3. The van der Waals surface area contributed by atoms with Gasteiger partial charge in [-0.1, -0.05) is 57.9 Å². The topological polar surface area (TPSA) is 29.0 Å². The van der Waals surface area contributed by atoms with Crippen LogP contribution in [-0.4, -0.2) is 21.8 Å². The molecule has 0 amide bonds. The third-order valence-electron chi connectivity index (χ3n) is 2.46. The third-order valence-corrected chi connectivity index (χ3v) is 3.01. The highest BCUT2D eigenvalue weighted by Crippen LogP contribution is 2.14. The zero-order valence-corrected chi connectivity index (χ0v) is 12.1. The quantitative estimate of drug-likeness (QED) is 0.787. The van der Waals surface area contributed by atoms with E-state index in [1.54, 1.807) is 12.4 Å². The molecule has 3 nitrogen and oxygen atoms in total. The summed E-state index contributed by atoms with van der Waals surface area (Å²) in [7, 11) is 0. The van der Waals surface area contributed by atoms with Crippen molar-refractivity contribution in [3.8, 4) is 0 Å². The van der Waals surface area contributed by atoms with Crippen LogP contribution in [0.4, 0.5) is 5.95 Å². The lowest BCUT2D eigenvalue weighted by atomic mass is 10.2. The first-order chi connectivity index (χ1) is 8.79. The molecule has 2 rings (SSSR count). The van der Waals surface area contributed by atoms with Crippen molar-refractivity contribution >= 4 is 33.5 Å². The van der Waals surface area contributed by atoms with Crippen LogP contribution in [0.25, 0.3) is 0 Å². The minimum Gasteiger partial charge on any atom is -0.336 e. The van der Waals surface area contributed by atoms with Gasteiger partial charge in [0.25, 0.3) is 0 Å². The van der Waals surface area contributed by atoms with Crippen LogP contribution in [0.3, 0.4) is 0 Å². The van der Waals surface area contributed by atoms with Crippen molar-refractivity contribution in [2.45, 2.75) is 6.54 Å². The van der Waals surface area contributed by atoms with Gasteiger partial charge in [0, 0.05) is 18.4 Å². The first-order valence-electron chi connectivity index (χ1n) is 5.62. The lowest BCUT2D eigenvalue weighted by Gasteiger charge is -2.21. The molecule has 0 radical (unpaired) electrons. The Bertz CT molecular complexity index is 475. The van der Waals surface area contributed by atoms with E-state index in [0.29, 0.717) is 11.0 Å². The molecule has 0 bridgehead atoms. The predicted molar refractivity (Wildman–Crippen MR) is 78.3 cm³/mol. The molecule has 1 aromatic carbocycles. The molecule has 0 saturated carbocycles. The highest BCUT2D eigenvalue weighted by atomic mass is 79.9. The zero-order valence-electron chi connectivity index (χ0n) is 9.76. The molecule has 0 aliphatic carbocycles. The van der Waals surface area contributed by atoms with Crippen LogP contribution in [0.15, 0.2) is 42.7 Å². The van der Waals surface area contributed by atoms with E-state index in [0.717, 1.165) is 18.4 Å². The molecule has 5 heteroatoms. The maximum atomic E-state index is 5.80. The molecule has 94 valence electrons. The number of benzene rings is 1. The van der Waals surface area contributed by atoms with Crippen molar-refractivity contribution in [2.24, 2.45) is 0 Å². The van der Waals surface area contributed by atoms with Gasteiger partial charge in [-0.2, -0.15) is 0 Å². The summed E-state index contributed by atoms with van der Waals surface area (Å²) in [6.45, 7) is 1.63. The van der Waals surface area contributed by atoms with Gasteiger partial charge in [0.05, 0.1) is 17.4 Å². The van der Waals surface area contributed by atoms with E-state index in [9.17, 15) is 0 Å². The van der Waals surface area contributed by atoms with Crippen LogP contribution in [0.5, 0.6) is 0 Å². The smallest absolute Gasteiger partial charge is 0.225 e. The fourth-order valence-electron chi connectivity index (χ4n) is 1.62. The van der Waals surface area contributed by atoms with Gasteiger partial charge >= 0.3 is 0 Å². The molecule has 2 aromatic rings. The summed E-state index contributed by atoms with van der Waals surface area (Å²) in [5.41, 5.74) is 1.23. The number of nitrogens with zero attached hydrogens (tertiary/aromatic N) is 3. The van der Waals surface area contributed by atoms with E-state index in [-0.39, 0.29) is 0 Å². The van der Waals surface area contributed by atoms with Gasteiger partial charge in [-0.05, 0) is 5.56 Å². The molecule has 0 saturated heterocycles. The van der Waals surface area contributed by atoms with Gasteiger partial charge in [0.1, 0.15) is 0 Å². The van der Waals surface area contributed by atoms with E-state index >= 15 is 0 Å². The average molecular weight is 327 g/mol. The maximum absolute atomic E-state index is 5.80. The Kier molecular flexibility index (Phi) is 4.96. The highest BCUT2D eigenvalue weighted by molar-refractivity contribution is 9.09. The van der Waals surface area contributed by atoms with Crippen molar-refractivity contribution in [3.63, 3.8) is 0 Å². The predicted octanol–water partition coefficient (Wildman–Crippen LogP) is 3.53. The number of anilines is 1. The average Bonchev–Trinajstić information content (AvgIpc) is 2.40. The molecule has 1 heterocycles. The second-order valence-corrected chi connectivity index (χ2v) is 5.03. The van der Waals surface area contributed by atoms with Gasteiger partial charge in [-0.25, -0.2) is 9.97 Å². The number of alkyl halides is 1. The molecule has 18 heavy (non-hydrogen) atoms. The molecular formula is C13H13BrClN3. The summed E-state index contributed by atoms with van der Waals surface area (Å²) in [6.07, 6.45) is 3.24. The number of halogens is 2. The molecule has 0 aliphatic rings. The SMILES string of the molecule is Clc1cnc(N(CCBr)Cc2ccccc2)nc1. The van der Waals surface area contributed by atoms with Crippen molar-refractivity contribution in [1.29, 1.82) is 0 Å². The Morgan fingerprint density at radius 3 is 2.39 bits per heavy atom. The Hall–Kier alpha value is -1.13. The molecule has 0 fully saturated rings. The largest absolute Gasteiger partial charge is 0.336 e. The summed E-state index contributed by atoms with van der Waals surface area (Å²) >= 11 is 9.25. The van der Waals surface area contributed by atoms with Crippen LogP contribution < -0.4 is 4.90 Å². The highest BCUT2D eigenvalue weighted by Gasteiger charge is 2.09. The Morgan fingerprint density at radius 2 is 1.78 bits per heavy atom. The van der Waals surface area contributed by atoms with E-state index in [1.807, 2.05) is 18.2 Å². The van der Waals surface area contributed by atoms with Crippen molar-refractivity contribution < 1.29 is 0 Å². The van der Waals surface area contributed by atoms with Crippen molar-refractivity contribution in [2.75, 3.05) is 16.8 Å². The van der Waals surface area contributed by atoms with Crippen LogP contribution in [0.2, 0.25) is 5.02 Å². The molecular weight excluding hydrogens is 314 g/mol. The maximum Gasteiger partial charge on any atom is 0.225 e. The first-order valence-corrected chi connectivity index (χ1v) is 7.12. The van der Waals surface area contributed by atoms with Gasteiger partial charge in [0.15, 0.2) is 0 Å². The molecule has 0 spiro atoms. The van der Waals surface area contributed by atoms with Gasteiger partial charge < -0.3 is 4.90 Å². The molecule has 0 N–H and O–H groups in total. The minimum absolute atomic E-state index is 0.553. The lowest BCUT2D eigenvalue weighted by molar-refractivity contribution is 0.798.